The summed E-state index contributed by atoms with van der Waals surface area (Å²) in [6, 6.07) is 19.1. The number of hydrogen-bond donors (Lipinski definition) is 4. The van der Waals surface area contributed by atoms with E-state index in [1.165, 1.54) is 44.9 Å². The minimum absolute atomic E-state index is 0.0673. The zero-order valence-corrected chi connectivity index (χ0v) is 27.2. The molecule has 8 N–H and O–H groups in total. The van der Waals surface area contributed by atoms with Gasteiger partial charge in [-0.3, -0.25) is 14.4 Å². The fraction of sp³-hybridized carbons (Fsp3) is 0.583. The van der Waals surface area contributed by atoms with Gasteiger partial charge in [0.1, 0.15) is 0 Å². The van der Waals surface area contributed by atoms with Crippen LogP contribution in [0.15, 0.2) is 60.7 Å². The van der Waals surface area contributed by atoms with Crippen LogP contribution in [0.25, 0.3) is 0 Å². The van der Waals surface area contributed by atoms with Crippen LogP contribution in [0, 0.1) is 0 Å². The summed E-state index contributed by atoms with van der Waals surface area (Å²) in [6.07, 6.45) is 14.0. The maximum absolute atomic E-state index is 13.2. The Balaban J connectivity index is 1.74. The highest BCUT2D eigenvalue weighted by molar-refractivity contribution is 5.81. The van der Waals surface area contributed by atoms with Crippen molar-refractivity contribution in [1.29, 1.82) is 0 Å². The fourth-order valence-electron chi connectivity index (χ4n) is 5.34. The zero-order chi connectivity index (χ0) is 31.8. The molecule has 0 aliphatic rings. The predicted octanol–water partition coefficient (Wildman–Crippen LogP) is 3.45. The van der Waals surface area contributed by atoms with E-state index >= 15 is 0 Å². The number of quaternary nitrogens is 2. The summed E-state index contributed by atoms with van der Waals surface area (Å²) in [6.45, 7) is 4.40. The van der Waals surface area contributed by atoms with Gasteiger partial charge >= 0.3 is 0 Å². The summed E-state index contributed by atoms with van der Waals surface area (Å²) in [5.41, 5.74) is 10.2. The molecule has 0 aromatic heterocycles. The summed E-state index contributed by atoms with van der Waals surface area (Å²) >= 11 is 0. The first-order valence-corrected chi connectivity index (χ1v) is 17.0. The number of hydrogen-bond acceptors (Lipinski definition) is 3. The first-order chi connectivity index (χ1) is 21.4. The number of carbonyl (C=O) groups excluding carboxylic acids is 3. The van der Waals surface area contributed by atoms with E-state index in [-0.39, 0.29) is 29.8 Å². The Kier molecular flexibility index (Phi) is 19.5. The Bertz CT molecular complexity index is 983. The molecular formula is C36H59N5O3+2. The topological polar surface area (TPSA) is 134 Å². The van der Waals surface area contributed by atoms with Crippen LogP contribution in [0.1, 0.15) is 95.1 Å². The second-order valence-electron chi connectivity index (χ2n) is 12.0. The van der Waals surface area contributed by atoms with Crippen LogP contribution in [0.5, 0.6) is 0 Å². The van der Waals surface area contributed by atoms with E-state index < -0.39 is 0 Å². The average Bonchev–Trinajstić information content (AvgIpc) is 3.03. The highest BCUT2D eigenvalue weighted by Gasteiger charge is 2.19. The number of benzene rings is 2. The van der Waals surface area contributed by atoms with Crippen LogP contribution in [-0.4, -0.2) is 60.9 Å². The molecule has 3 amide bonds. The molecule has 0 saturated carbocycles. The zero-order valence-electron chi connectivity index (χ0n) is 27.2. The summed E-state index contributed by atoms with van der Waals surface area (Å²) in [7, 11) is 0. The van der Waals surface area contributed by atoms with Gasteiger partial charge in [0.25, 0.3) is 11.8 Å². The van der Waals surface area contributed by atoms with Crippen molar-refractivity contribution >= 4 is 17.7 Å². The maximum Gasteiger partial charge on any atom is 0.278 e. The number of unbranched alkanes of at least 4 members (excludes halogenated alkanes) is 8. The van der Waals surface area contributed by atoms with Crippen molar-refractivity contribution in [3.8, 4) is 0 Å². The summed E-state index contributed by atoms with van der Waals surface area (Å²) in [5, 5.41) is 5.99. The molecule has 0 radical (unpaired) electrons. The number of nitrogens with one attached hydrogen (secondary N) is 2. The van der Waals surface area contributed by atoms with Crippen molar-refractivity contribution in [3.05, 3.63) is 71.8 Å². The molecule has 44 heavy (non-hydrogen) atoms. The molecule has 0 spiro atoms. The van der Waals surface area contributed by atoms with Crippen LogP contribution < -0.4 is 22.1 Å². The van der Waals surface area contributed by atoms with E-state index in [2.05, 4.69) is 29.0 Å². The van der Waals surface area contributed by atoms with Gasteiger partial charge < -0.3 is 27.0 Å². The standard InChI is InChI=1S/C36H57N5O3/c1-2-3-4-5-6-7-8-9-16-23-34(42)41(26-17-24-39-35(43)32(37)28-30-19-12-10-13-20-30)27-18-25-40-36(44)33(38)29-31-21-14-11-15-22-31/h10-15,19-22,32-33H,2-9,16-18,23-29,37-38H2,1H3,(H,39,43)(H,40,44)/p+2/t32-,33-/m0/s1. The Hall–Kier alpha value is -3.23. The molecule has 0 bridgehead atoms. The molecule has 2 aromatic carbocycles. The lowest BCUT2D eigenvalue weighted by molar-refractivity contribution is -0.403. The van der Waals surface area contributed by atoms with Crippen molar-refractivity contribution in [1.82, 2.24) is 15.5 Å². The number of carbonyl (C=O) groups is 3. The van der Waals surface area contributed by atoms with E-state index in [1.54, 1.807) is 0 Å². The van der Waals surface area contributed by atoms with Crippen LogP contribution in [0.3, 0.4) is 0 Å². The average molecular weight is 610 g/mol. The van der Waals surface area contributed by atoms with Crippen LogP contribution in [0.2, 0.25) is 0 Å². The molecule has 2 rings (SSSR count). The molecule has 0 fully saturated rings. The van der Waals surface area contributed by atoms with Crippen molar-refractivity contribution in [2.75, 3.05) is 26.2 Å². The number of rotatable bonds is 24. The Morgan fingerprint density at radius 1 is 0.614 bits per heavy atom. The SMILES string of the molecule is CCCCCCCCCCCC(=O)N(CCCNC(=O)[C@@H]([NH3+])Cc1ccccc1)CCCNC(=O)[C@@H]([NH3+])Cc1ccccc1. The number of nitrogens with zero attached hydrogens (tertiary/aromatic N) is 1. The van der Waals surface area contributed by atoms with Crippen molar-refractivity contribution in [2.45, 2.75) is 109 Å². The van der Waals surface area contributed by atoms with Gasteiger partial charge in [0.05, 0.1) is 0 Å². The first-order valence-electron chi connectivity index (χ1n) is 17.0. The normalized spacial score (nSPS) is 12.3. The number of amides is 3. The largest absolute Gasteiger partial charge is 0.351 e. The highest BCUT2D eigenvalue weighted by atomic mass is 16.2. The molecule has 0 aliphatic heterocycles. The van der Waals surface area contributed by atoms with Crippen LogP contribution in [-0.2, 0) is 27.2 Å². The second-order valence-corrected chi connectivity index (χ2v) is 12.0. The van der Waals surface area contributed by atoms with E-state index in [4.69, 9.17) is 0 Å². The second kappa shape index (κ2) is 23.2. The first kappa shape index (κ1) is 37.0. The monoisotopic (exact) mass is 609 g/mol. The molecule has 8 heteroatoms. The molecule has 0 aliphatic carbocycles. The lowest BCUT2D eigenvalue weighted by atomic mass is 10.1. The van der Waals surface area contributed by atoms with E-state index in [1.807, 2.05) is 65.6 Å². The predicted molar refractivity (Wildman–Crippen MR) is 177 cm³/mol. The lowest BCUT2D eigenvalue weighted by Gasteiger charge is -2.23. The summed E-state index contributed by atoms with van der Waals surface area (Å²) < 4.78 is 0. The van der Waals surface area contributed by atoms with Gasteiger partial charge in [0, 0.05) is 45.4 Å². The Morgan fingerprint density at radius 3 is 1.45 bits per heavy atom. The molecule has 0 heterocycles. The third-order valence-electron chi connectivity index (χ3n) is 8.05. The van der Waals surface area contributed by atoms with Crippen LogP contribution >= 0.6 is 0 Å². The molecule has 8 nitrogen and oxygen atoms in total. The fourth-order valence-corrected chi connectivity index (χ4v) is 5.34. The molecule has 2 aromatic rings. The molecule has 2 atom stereocenters. The van der Waals surface area contributed by atoms with Gasteiger partial charge in [-0.1, -0.05) is 119 Å². The Morgan fingerprint density at radius 2 is 1.02 bits per heavy atom. The van der Waals surface area contributed by atoms with Gasteiger partial charge in [-0.05, 0) is 30.4 Å². The molecular weight excluding hydrogens is 550 g/mol. The highest BCUT2D eigenvalue weighted by Crippen LogP contribution is 2.12. The van der Waals surface area contributed by atoms with E-state index in [9.17, 15) is 14.4 Å². The summed E-state index contributed by atoms with van der Waals surface area (Å²) in [5.74, 6) is 0.0218. The lowest BCUT2D eigenvalue weighted by Crippen LogP contribution is -2.68. The Labute approximate surface area is 265 Å². The van der Waals surface area contributed by atoms with Gasteiger partial charge in [-0.25, -0.2) is 0 Å². The van der Waals surface area contributed by atoms with E-state index in [0.29, 0.717) is 58.3 Å². The maximum atomic E-state index is 13.2. The van der Waals surface area contributed by atoms with E-state index in [0.717, 1.165) is 24.0 Å². The smallest absolute Gasteiger partial charge is 0.278 e. The minimum Gasteiger partial charge on any atom is -0.351 e. The summed E-state index contributed by atoms with van der Waals surface area (Å²) in [4.78, 5) is 40.2. The van der Waals surface area contributed by atoms with Crippen molar-refractivity contribution in [2.24, 2.45) is 0 Å². The third-order valence-corrected chi connectivity index (χ3v) is 8.05. The minimum atomic E-state index is -0.357. The quantitative estimate of drug-likeness (QED) is 0.136. The molecule has 0 saturated heterocycles. The van der Waals surface area contributed by atoms with Crippen molar-refractivity contribution < 1.29 is 25.9 Å². The van der Waals surface area contributed by atoms with Gasteiger partial charge in [-0.2, -0.15) is 0 Å². The van der Waals surface area contributed by atoms with Gasteiger partial charge in [-0.15, -0.1) is 0 Å². The van der Waals surface area contributed by atoms with Crippen molar-refractivity contribution in [3.63, 3.8) is 0 Å². The van der Waals surface area contributed by atoms with Gasteiger partial charge in [0.2, 0.25) is 5.91 Å². The molecule has 0 unspecified atom stereocenters. The third kappa shape index (κ3) is 16.6. The van der Waals surface area contributed by atoms with Crippen LogP contribution in [0.4, 0.5) is 0 Å². The molecule has 244 valence electrons. The van der Waals surface area contributed by atoms with Gasteiger partial charge in [0.15, 0.2) is 12.1 Å².